The third kappa shape index (κ3) is 4.00. The van der Waals surface area contributed by atoms with E-state index in [2.05, 4.69) is 0 Å². The summed E-state index contributed by atoms with van der Waals surface area (Å²) in [5.74, 6) is 0. The van der Waals surface area contributed by atoms with Crippen LogP contribution < -0.4 is 5.73 Å². The van der Waals surface area contributed by atoms with Crippen LogP contribution in [0.4, 0.5) is 13.2 Å². The molecule has 6 heteroatoms. The van der Waals surface area contributed by atoms with Crippen LogP contribution in [0, 0.1) is 0 Å². The molecule has 2 nitrogen and oxygen atoms in total. The van der Waals surface area contributed by atoms with Crippen LogP contribution in [0.15, 0.2) is 24.3 Å². The summed E-state index contributed by atoms with van der Waals surface area (Å²) < 4.78 is 37.0. The molecule has 0 aliphatic rings. The average molecular weight is 256 g/mol. The van der Waals surface area contributed by atoms with Gasteiger partial charge < -0.3 is 10.8 Å². The maximum Gasteiger partial charge on any atom is 0.416 e. The van der Waals surface area contributed by atoms with Crippen molar-refractivity contribution in [3.8, 4) is 0 Å². The van der Waals surface area contributed by atoms with Crippen LogP contribution in [-0.2, 0) is 6.18 Å². The maximum absolute atomic E-state index is 12.3. The zero-order valence-electron chi connectivity index (χ0n) is 8.37. The molecule has 1 aromatic carbocycles. The van der Waals surface area contributed by atoms with E-state index in [9.17, 15) is 13.2 Å². The SMILES string of the molecule is Cl.N[C@@H](CCO)c1cccc(C(F)(F)F)c1. The molecule has 1 aromatic rings. The van der Waals surface area contributed by atoms with Gasteiger partial charge in [0, 0.05) is 12.6 Å². The smallest absolute Gasteiger partial charge is 0.396 e. The number of rotatable bonds is 3. The van der Waals surface area contributed by atoms with Crippen molar-refractivity contribution in [1.82, 2.24) is 0 Å². The van der Waals surface area contributed by atoms with Crippen LogP contribution in [0.1, 0.15) is 23.6 Å². The fraction of sp³-hybridized carbons (Fsp3) is 0.400. The highest BCUT2D eigenvalue weighted by Crippen LogP contribution is 2.30. The second-order valence-electron chi connectivity index (χ2n) is 3.24. The predicted octanol–water partition coefficient (Wildman–Crippen LogP) is 2.51. The van der Waals surface area contributed by atoms with Gasteiger partial charge >= 0.3 is 6.18 Å². The number of halogens is 4. The fourth-order valence-corrected chi connectivity index (χ4v) is 1.25. The highest BCUT2D eigenvalue weighted by atomic mass is 35.5. The van der Waals surface area contributed by atoms with E-state index < -0.39 is 17.8 Å². The number of nitrogens with two attached hydrogens (primary N) is 1. The summed E-state index contributed by atoms with van der Waals surface area (Å²) >= 11 is 0. The predicted molar refractivity (Wildman–Crippen MR) is 57.3 cm³/mol. The first-order chi connectivity index (χ1) is 6.95. The van der Waals surface area contributed by atoms with E-state index in [0.717, 1.165) is 12.1 Å². The van der Waals surface area contributed by atoms with Gasteiger partial charge in [0.25, 0.3) is 0 Å². The Morgan fingerprint density at radius 2 is 1.94 bits per heavy atom. The van der Waals surface area contributed by atoms with Crippen LogP contribution >= 0.6 is 12.4 Å². The van der Waals surface area contributed by atoms with Crippen molar-refractivity contribution in [2.75, 3.05) is 6.61 Å². The van der Waals surface area contributed by atoms with E-state index in [1.807, 2.05) is 0 Å². The number of hydrogen-bond donors (Lipinski definition) is 2. The Labute approximate surface area is 97.7 Å². The number of alkyl halides is 3. The molecule has 0 heterocycles. The number of benzene rings is 1. The summed E-state index contributed by atoms with van der Waals surface area (Å²) in [4.78, 5) is 0. The van der Waals surface area contributed by atoms with Gasteiger partial charge in [-0.15, -0.1) is 12.4 Å². The molecule has 0 spiro atoms. The van der Waals surface area contributed by atoms with E-state index >= 15 is 0 Å². The second-order valence-corrected chi connectivity index (χ2v) is 3.24. The van der Waals surface area contributed by atoms with E-state index in [0.29, 0.717) is 5.56 Å². The van der Waals surface area contributed by atoms with Gasteiger partial charge in [0.15, 0.2) is 0 Å². The van der Waals surface area contributed by atoms with Gasteiger partial charge in [0.1, 0.15) is 0 Å². The molecule has 0 aliphatic heterocycles. The molecule has 0 fully saturated rings. The van der Waals surface area contributed by atoms with Gasteiger partial charge in [-0.05, 0) is 24.1 Å². The van der Waals surface area contributed by atoms with Gasteiger partial charge in [-0.1, -0.05) is 12.1 Å². The molecular weight excluding hydrogens is 243 g/mol. The lowest BCUT2D eigenvalue weighted by Crippen LogP contribution is -2.13. The summed E-state index contributed by atoms with van der Waals surface area (Å²) in [7, 11) is 0. The summed E-state index contributed by atoms with van der Waals surface area (Å²) in [6, 6.07) is 4.29. The maximum atomic E-state index is 12.3. The molecule has 16 heavy (non-hydrogen) atoms. The van der Waals surface area contributed by atoms with Crippen molar-refractivity contribution < 1.29 is 18.3 Å². The van der Waals surface area contributed by atoms with Crippen molar-refractivity contribution in [3.05, 3.63) is 35.4 Å². The highest BCUT2D eigenvalue weighted by molar-refractivity contribution is 5.85. The standard InChI is InChI=1S/C10H12F3NO.ClH/c11-10(12,13)8-3-1-2-7(6-8)9(14)4-5-15;/h1-3,6,9,15H,4-5,14H2;1H/t9-;/m0./s1. The monoisotopic (exact) mass is 255 g/mol. The summed E-state index contributed by atoms with van der Waals surface area (Å²) in [6.45, 7) is -0.141. The Morgan fingerprint density at radius 1 is 1.31 bits per heavy atom. The van der Waals surface area contributed by atoms with E-state index in [1.165, 1.54) is 12.1 Å². The Morgan fingerprint density at radius 3 is 2.44 bits per heavy atom. The van der Waals surface area contributed by atoms with E-state index in [-0.39, 0.29) is 25.4 Å². The first-order valence-corrected chi connectivity index (χ1v) is 4.48. The lowest BCUT2D eigenvalue weighted by molar-refractivity contribution is -0.137. The lowest BCUT2D eigenvalue weighted by Gasteiger charge is -2.13. The van der Waals surface area contributed by atoms with Crippen molar-refractivity contribution in [2.45, 2.75) is 18.6 Å². The van der Waals surface area contributed by atoms with Crippen LogP contribution in [0.3, 0.4) is 0 Å². The van der Waals surface area contributed by atoms with Gasteiger partial charge in [-0.25, -0.2) is 0 Å². The largest absolute Gasteiger partial charge is 0.416 e. The number of aliphatic hydroxyl groups is 1. The highest BCUT2D eigenvalue weighted by Gasteiger charge is 2.30. The van der Waals surface area contributed by atoms with Crippen molar-refractivity contribution in [1.29, 1.82) is 0 Å². The Bertz CT molecular complexity index is 330. The Hall–Kier alpha value is -0.780. The Balaban J connectivity index is 0.00000225. The molecule has 1 atom stereocenters. The fourth-order valence-electron chi connectivity index (χ4n) is 1.25. The van der Waals surface area contributed by atoms with Crippen molar-refractivity contribution in [2.24, 2.45) is 5.73 Å². The molecule has 0 amide bonds. The molecule has 0 saturated heterocycles. The van der Waals surface area contributed by atoms with Crippen LogP contribution in [0.25, 0.3) is 0 Å². The van der Waals surface area contributed by atoms with Gasteiger partial charge in [0.05, 0.1) is 5.56 Å². The number of hydrogen-bond acceptors (Lipinski definition) is 2. The minimum Gasteiger partial charge on any atom is -0.396 e. The molecule has 0 aromatic heterocycles. The van der Waals surface area contributed by atoms with Crippen LogP contribution in [-0.4, -0.2) is 11.7 Å². The molecule has 1 rings (SSSR count). The van der Waals surface area contributed by atoms with Crippen molar-refractivity contribution in [3.63, 3.8) is 0 Å². The molecule has 92 valence electrons. The van der Waals surface area contributed by atoms with Gasteiger partial charge in [-0.3, -0.25) is 0 Å². The molecule has 0 saturated carbocycles. The van der Waals surface area contributed by atoms with E-state index in [4.69, 9.17) is 10.8 Å². The average Bonchev–Trinajstić information content (AvgIpc) is 2.17. The lowest BCUT2D eigenvalue weighted by atomic mass is 10.0. The number of aliphatic hydroxyl groups excluding tert-OH is 1. The summed E-state index contributed by atoms with van der Waals surface area (Å²) in [5, 5.41) is 8.62. The third-order valence-electron chi connectivity index (χ3n) is 2.08. The molecular formula is C10H13ClF3NO. The molecule has 3 N–H and O–H groups in total. The normalized spacial score (nSPS) is 13.1. The summed E-state index contributed by atoms with van der Waals surface area (Å²) in [5.41, 5.74) is 5.26. The van der Waals surface area contributed by atoms with Crippen LogP contribution in [0.2, 0.25) is 0 Å². The minimum absolute atomic E-state index is 0. The third-order valence-corrected chi connectivity index (χ3v) is 2.08. The first-order valence-electron chi connectivity index (χ1n) is 4.48. The topological polar surface area (TPSA) is 46.2 Å². The zero-order chi connectivity index (χ0) is 11.5. The molecule has 0 radical (unpaired) electrons. The van der Waals surface area contributed by atoms with Gasteiger partial charge in [0.2, 0.25) is 0 Å². The zero-order valence-corrected chi connectivity index (χ0v) is 9.18. The molecule has 0 aliphatic carbocycles. The van der Waals surface area contributed by atoms with Crippen LogP contribution in [0.5, 0.6) is 0 Å². The van der Waals surface area contributed by atoms with E-state index in [1.54, 1.807) is 0 Å². The Kier molecular flexibility index (Phi) is 5.78. The van der Waals surface area contributed by atoms with Gasteiger partial charge in [-0.2, -0.15) is 13.2 Å². The minimum atomic E-state index is -4.35. The molecule has 0 unspecified atom stereocenters. The molecule has 0 bridgehead atoms. The second kappa shape index (κ2) is 6.08. The van der Waals surface area contributed by atoms with Crippen molar-refractivity contribution >= 4 is 12.4 Å². The quantitative estimate of drug-likeness (QED) is 0.872. The first kappa shape index (κ1) is 15.2. The summed E-state index contributed by atoms with van der Waals surface area (Å²) in [6.07, 6.45) is -4.10.